The molecule has 0 unspecified atom stereocenters. The summed E-state index contributed by atoms with van der Waals surface area (Å²) in [5.41, 5.74) is 5.74. The lowest BCUT2D eigenvalue weighted by atomic mass is 10.1. The highest BCUT2D eigenvalue weighted by atomic mass is 16.2. The molecule has 0 aromatic carbocycles. The third-order valence-electron chi connectivity index (χ3n) is 16.4. The van der Waals surface area contributed by atoms with Gasteiger partial charge in [0.15, 0.2) is 0 Å². The second-order valence-electron chi connectivity index (χ2n) is 23.9. The molecule has 0 aromatic heterocycles. The van der Waals surface area contributed by atoms with Crippen molar-refractivity contribution in [2.24, 2.45) is 5.73 Å². The van der Waals surface area contributed by atoms with Crippen molar-refractivity contribution in [2.75, 3.05) is 85.1 Å². The van der Waals surface area contributed by atoms with Crippen LogP contribution in [0.25, 0.3) is 0 Å². The minimum atomic E-state index is -0.555. The van der Waals surface area contributed by atoms with E-state index in [2.05, 4.69) is 37.9 Å². The average Bonchev–Trinajstić information content (AvgIpc) is 3.43. The van der Waals surface area contributed by atoms with Gasteiger partial charge in [0.2, 0.25) is 29.5 Å². The Morgan fingerprint density at radius 3 is 0.872 bits per heavy atom. The second-order valence-corrected chi connectivity index (χ2v) is 23.9. The van der Waals surface area contributed by atoms with E-state index in [1.807, 2.05) is 0 Å². The van der Waals surface area contributed by atoms with Gasteiger partial charge in [-0.1, -0.05) is 265 Å². The number of nitrogens with one attached hydrogen (secondary N) is 1. The minimum Gasteiger partial charge on any atom is -0.368 e. The van der Waals surface area contributed by atoms with Gasteiger partial charge in [-0.05, 0) is 71.1 Å². The van der Waals surface area contributed by atoms with Gasteiger partial charge >= 0.3 is 0 Å². The molecular weight excluding hydrogens is 971 g/mol. The summed E-state index contributed by atoms with van der Waals surface area (Å²) in [6.07, 6.45) is 51.6. The van der Waals surface area contributed by atoms with Gasteiger partial charge < -0.3 is 35.6 Å². The molecule has 1 aliphatic heterocycles. The number of carbonyl (C=O) groups is 5. The van der Waals surface area contributed by atoms with Crippen LogP contribution >= 0.6 is 0 Å². The first-order chi connectivity index (χ1) is 38.2. The first-order valence-corrected chi connectivity index (χ1v) is 34.0. The highest BCUT2D eigenvalue weighted by Crippen LogP contribution is 2.17. The highest BCUT2D eigenvalue weighted by molar-refractivity contribution is 5.91. The van der Waals surface area contributed by atoms with Gasteiger partial charge in [-0.15, -0.1) is 0 Å². The summed E-state index contributed by atoms with van der Waals surface area (Å²) in [7, 11) is 0. The zero-order valence-electron chi connectivity index (χ0n) is 52.2. The van der Waals surface area contributed by atoms with Crippen molar-refractivity contribution >= 4 is 29.5 Å². The second kappa shape index (κ2) is 54.8. The zero-order chi connectivity index (χ0) is 56.8. The van der Waals surface area contributed by atoms with E-state index in [4.69, 9.17) is 5.73 Å². The molecule has 12 nitrogen and oxygen atoms in total. The molecule has 1 rings (SSSR count). The van der Waals surface area contributed by atoms with E-state index in [-0.39, 0.29) is 56.4 Å². The van der Waals surface area contributed by atoms with Gasteiger partial charge in [0.05, 0.1) is 32.7 Å². The van der Waals surface area contributed by atoms with E-state index in [0.29, 0.717) is 26.2 Å². The predicted octanol–water partition coefficient (Wildman–Crippen LogP) is 14.9. The van der Waals surface area contributed by atoms with Crippen molar-refractivity contribution in [1.29, 1.82) is 0 Å². The van der Waals surface area contributed by atoms with E-state index >= 15 is 0 Å². The fourth-order valence-corrected chi connectivity index (χ4v) is 11.2. The largest absolute Gasteiger partial charge is 0.368 e. The summed E-state index contributed by atoms with van der Waals surface area (Å²) in [4.78, 5) is 79.3. The minimum absolute atomic E-state index is 0.0562. The van der Waals surface area contributed by atoms with Crippen LogP contribution in [0.5, 0.6) is 0 Å². The van der Waals surface area contributed by atoms with Crippen molar-refractivity contribution < 1.29 is 24.0 Å². The molecule has 0 radical (unpaired) electrons. The molecule has 0 saturated carbocycles. The number of hydrogen-bond donors (Lipinski definition) is 2. The van der Waals surface area contributed by atoms with E-state index in [0.717, 1.165) is 116 Å². The molecule has 458 valence electrons. The summed E-state index contributed by atoms with van der Waals surface area (Å²) in [6, 6.07) is 0. The van der Waals surface area contributed by atoms with Crippen molar-refractivity contribution in [3.05, 3.63) is 0 Å². The monoisotopic (exact) mass is 1100 g/mol. The van der Waals surface area contributed by atoms with Gasteiger partial charge in [-0.25, -0.2) is 0 Å². The quantitative estimate of drug-likeness (QED) is 0.0578. The normalized spacial score (nSPS) is 12.8. The first kappa shape index (κ1) is 73.3. The molecule has 0 aromatic rings. The summed E-state index contributed by atoms with van der Waals surface area (Å²) >= 11 is 0. The predicted molar refractivity (Wildman–Crippen MR) is 331 cm³/mol. The smallest absolute Gasteiger partial charge is 0.242 e. The third-order valence-corrected chi connectivity index (χ3v) is 16.4. The Bertz CT molecular complexity index is 1410. The number of rotatable bonds is 58. The van der Waals surface area contributed by atoms with E-state index in [9.17, 15) is 24.0 Å². The summed E-state index contributed by atoms with van der Waals surface area (Å²) in [5.74, 6) is -1.34. The molecule has 1 fully saturated rings. The van der Waals surface area contributed by atoms with Crippen LogP contribution in [-0.4, -0.2) is 139 Å². The lowest BCUT2D eigenvalue weighted by molar-refractivity contribution is -0.146. The Kier molecular flexibility index (Phi) is 51.5. The van der Waals surface area contributed by atoms with Gasteiger partial charge in [0.1, 0.15) is 0 Å². The SMILES string of the molecule is CCCCCCCCCCCCN(CC(N)=O)C(=O)CN(CCCCCCCCCCCC)C(=O)CN(CCCCCCCCCCCC)C(=O)CN(CCCCCCCCCCCC)C(=O)CNCCCN1CCCCC1. The summed E-state index contributed by atoms with van der Waals surface area (Å²) in [6.45, 7) is 14.6. The Morgan fingerprint density at radius 2 is 0.590 bits per heavy atom. The maximum absolute atomic E-state index is 14.7. The topological polar surface area (TPSA) is 140 Å². The molecule has 0 aliphatic carbocycles. The highest BCUT2D eigenvalue weighted by Gasteiger charge is 2.27. The van der Waals surface area contributed by atoms with Crippen molar-refractivity contribution in [2.45, 2.75) is 310 Å². The number of amides is 5. The zero-order valence-corrected chi connectivity index (χ0v) is 52.2. The van der Waals surface area contributed by atoms with E-state index < -0.39 is 5.91 Å². The lowest BCUT2D eigenvalue weighted by Crippen LogP contribution is -2.51. The van der Waals surface area contributed by atoms with Crippen LogP contribution in [-0.2, 0) is 24.0 Å². The van der Waals surface area contributed by atoms with Crippen LogP contribution in [0.3, 0.4) is 0 Å². The molecule has 1 aliphatic rings. The van der Waals surface area contributed by atoms with Crippen molar-refractivity contribution in [3.63, 3.8) is 0 Å². The molecule has 3 N–H and O–H groups in total. The van der Waals surface area contributed by atoms with Crippen LogP contribution in [0.15, 0.2) is 0 Å². The number of nitrogens with zero attached hydrogens (tertiary/aromatic N) is 5. The average molecular weight is 1100 g/mol. The van der Waals surface area contributed by atoms with Crippen molar-refractivity contribution in [3.8, 4) is 0 Å². The number of carbonyl (C=O) groups excluding carboxylic acids is 5. The molecule has 1 saturated heterocycles. The number of piperidine rings is 1. The summed E-state index contributed by atoms with van der Waals surface area (Å²) < 4.78 is 0. The van der Waals surface area contributed by atoms with Crippen LogP contribution in [0, 0.1) is 0 Å². The lowest BCUT2D eigenvalue weighted by Gasteiger charge is -2.31. The van der Waals surface area contributed by atoms with Gasteiger partial charge in [0, 0.05) is 26.2 Å². The first-order valence-electron chi connectivity index (χ1n) is 34.0. The Hall–Kier alpha value is -2.73. The molecule has 0 spiro atoms. The fraction of sp³-hybridized carbons (Fsp3) is 0.924. The molecule has 0 atom stereocenters. The number of likely N-dealkylation sites (tertiary alicyclic amines) is 1. The van der Waals surface area contributed by atoms with E-state index in [1.54, 1.807) is 19.6 Å². The van der Waals surface area contributed by atoms with Gasteiger partial charge in [-0.3, -0.25) is 24.0 Å². The Morgan fingerprint density at radius 1 is 0.333 bits per heavy atom. The number of primary amides is 1. The summed E-state index contributed by atoms with van der Waals surface area (Å²) in [5, 5.41) is 3.41. The third kappa shape index (κ3) is 44.0. The molecular formula is C66H129N7O5. The molecule has 78 heavy (non-hydrogen) atoms. The number of unbranched alkanes of at least 4 members (excludes halogenated alkanes) is 36. The van der Waals surface area contributed by atoms with Crippen LogP contribution in [0.4, 0.5) is 0 Å². The molecule has 0 bridgehead atoms. The van der Waals surface area contributed by atoms with Crippen LogP contribution in [0.1, 0.15) is 310 Å². The van der Waals surface area contributed by atoms with Crippen molar-refractivity contribution in [1.82, 2.24) is 29.8 Å². The van der Waals surface area contributed by atoms with Gasteiger partial charge in [0.25, 0.3) is 0 Å². The Balaban J connectivity index is 3.25. The fourth-order valence-electron chi connectivity index (χ4n) is 11.2. The molecule has 1 heterocycles. The molecule has 5 amide bonds. The van der Waals surface area contributed by atoms with Gasteiger partial charge in [-0.2, -0.15) is 0 Å². The maximum atomic E-state index is 14.7. The number of hydrogen-bond acceptors (Lipinski definition) is 7. The van der Waals surface area contributed by atoms with Crippen LogP contribution in [0.2, 0.25) is 0 Å². The molecule has 12 heteroatoms. The van der Waals surface area contributed by atoms with Crippen LogP contribution < -0.4 is 11.1 Å². The number of nitrogens with two attached hydrogens (primary N) is 1. The maximum Gasteiger partial charge on any atom is 0.242 e. The Labute approximate surface area is 482 Å². The van der Waals surface area contributed by atoms with E-state index in [1.165, 1.54) is 193 Å². The standard InChI is InChI=1S/C66H129N7O5/c1-5-9-13-17-21-25-29-33-37-44-53-70(58-62(67)74)64(76)60-72(55-46-39-35-31-27-23-19-15-11-7-3)66(78)61-73(56-47-40-36-32-28-24-20-16-12-8-4)65(77)59-71(54-45-38-34-30-26-22-18-14-10-6-2)63(75)57-68-49-48-52-69-50-42-41-43-51-69/h68H,5-61H2,1-4H3,(H2,67,74).